The van der Waals surface area contributed by atoms with Gasteiger partial charge in [-0.3, -0.25) is 10.1 Å². The maximum Gasteiger partial charge on any atom is 0.278 e. The van der Waals surface area contributed by atoms with Crippen LogP contribution in [0.4, 0.5) is 11.4 Å². The summed E-state index contributed by atoms with van der Waals surface area (Å²) in [7, 11) is 6.02. The van der Waals surface area contributed by atoms with Crippen molar-refractivity contribution in [2.45, 2.75) is 6.54 Å². The molecule has 0 saturated carbocycles. The Balaban J connectivity index is 2.32. The summed E-state index contributed by atoms with van der Waals surface area (Å²) in [5, 5.41) is 14.5. The summed E-state index contributed by atoms with van der Waals surface area (Å²) in [6.45, 7) is 0.215. The minimum absolute atomic E-state index is 0.0555. The summed E-state index contributed by atoms with van der Waals surface area (Å²) in [6, 6.07) is 8.22. The number of nitrogens with zero attached hydrogens (tertiary/aromatic N) is 1. The molecule has 2 aromatic carbocycles. The van der Waals surface area contributed by atoms with E-state index in [1.54, 1.807) is 38.5 Å². The molecule has 0 aromatic heterocycles. The fourth-order valence-electron chi connectivity index (χ4n) is 2.33. The van der Waals surface area contributed by atoms with Crippen molar-refractivity contribution in [3.05, 3.63) is 46.0 Å². The molecule has 2 rings (SSSR count). The Bertz CT molecular complexity index is 741. The number of benzene rings is 2. The topological polar surface area (TPSA) is 92.1 Å². The standard InChI is InChI=1S/C17H20N2O6/c1-22-13-6-12(7-14(8-13)23-2)18-10-11-5-16(24-3)17(25-4)9-15(11)19(20)21/h5-9,18H,10H2,1-4H3. The van der Waals surface area contributed by atoms with Crippen LogP contribution in [-0.2, 0) is 6.54 Å². The zero-order chi connectivity index (χ0) is 18.4. The lowest BCUT2D eigenvalue weighted by atomic mass is 10.1. The van der Waals surface area contributed by atoms with Crippen LogP contribution in [0.2, 0.25) is 0 Å². The summed E-state index contributed by atoms with van der Waals surface area (Å²) in [5.74, 6) is 1.96. The maximum absolute atomic E-state index is 11.3. The van der Waals surface area contributed by atoms with E-state index < -0.39 is 4.92 Å². The quantitative estimate of drug-likeness (QED) is 0.578. The lowest BCUT2D eigenvalue weighted by Crippen LogP contribution is -2.05. The molecule has 0 aliphatic rings. The Labute approximate surface area is 145 Å². The van der Waals surface area contributed by atoms with E-state index in [2.05, 4.69) is 5.32 Å². The molecule has 0 heterocycles. The van der Waals surface area contributed by atoms with Gasteiger partial charge in [-0.25, -0.2) is 0 Å². The number of rotatable bonds is 8. The number of hydrogen-bond donors (Lipinski definition) is 1. The minimum atomic E-state index is -0.453. The van der Waals surface area contributed by atoms with E-state index >= 15 is 0 Å². The van der Waals surface area contributed by atoms with Gasteiger partial charge in [0.05, 0.1) is 45.0 Å². The Hall–Kier alpha value is -3.16. The molecule has 0 spiro atoms. The van der Waals surface area contributed by atoms with Crippen LogP contribution in [0.1, 0.15) is 5.56 Å². The molecule has 134 valence electrons. The van der Waals surface area contributed by atoms with Crippen LogP contribution in [-0.4, -0.2) is 33.4 Å². The third-order valence-electron chi connectivity index (χ3n) is 3.62. The highest BCUT2D eigenvalue weighted by atomic mass is 16.6. The molecule has 25 heavy (non-hydrogen) atoms. The lowest BCUT2D eigenvalue weighted by Gasteiger charge is -2.13. The second-order valence-electron chi connectivity index (χ2n) is 5.05. The molecule has 2 aromatic rings. The van der Waals surface area contributed by atoms with E-state index in [4.69, 9.17) is 18.9 Å². The van der Waals surface area contributed by atoms with Crippen molar-refractivity contribution in [2.75, 3.05) is 33.8 Å². The van der Waals surface area contributed by atoms with Gasteiger partial charge in [0.25, 0.3) is 5.69 Å². The molecule has 0 bridgehead atoms. The third-order valence-corrected chi connectivity index (χ3v) is 3.62. The lowest BCUT2D eigenvalue weighted by molar-refractivity contribution is -0.385. The average Bonchev–Trinajstić information content (AvgIpc) is 2.64. The SMILES string of the molecule is COc1cc(NCc2cc(OC)c(OC)cc2[N+](=O)[O-])cc(OC)c1. The molecule has 0 fully saturated rings. The van der Waals surface area contributed by atoms with E-state index in [1.807, 2.05) is 0 Å². The normalized spacial score (nSPS) is 10.1. The van der Waals surface area contributed by atoms with Crippen LogP contribution in [0, 0.1) is 10.1 Å². The van der Waals surface area contributed by atoms with Gasteiger partial charge in [-0.1, -0.05) is 0 Å². The van der Waals surface area contributed by atoms with Crippen LogP contribution in [0.5, 0.6) is 23.0 Å². The number of ether oxygens (including phenoxy) is 4. The van der Waals surface area contributed by atoms with Crippen LogP contribution in [0.3, 0.4) is 0 Å². The van der Waals surface area contributed by atoms with Crippen molar-refractivity contribution >= 4 is 11.4 Å². The second-order valence-corrected chi connectivity index (χ2v) is 5.05. The number of nitrogens with one attached hydrogen (secondary N) is 1. The van der Waals surface area contributed by atoms with E-state index in [9.17, 15) is 10.1 Å². The molecule has 0 aliphatic carbocycles. The first-order valence-corrected chi connectivity index (χ1v) is 7.38. The Morgan fingerprint density at radius 1 is 0.880 bits per heavy atom. The first kappa shape index (κ1) is 18.2. The summed E-state index contributed by atoms with van der Waals surface area (Å²) in [4.78, 5) is 10.9. The number of hydrogen-bond acceptors (Lipinski definition) is 7. The number of methoxy groups -OCH3 is 4. The molecule has 0 saturated heterocycles. The average molecular weight is 348 g/mol. The molecule has 1 N–H and O–H groups in total. The van der Waals surface area contributed by atoms with Gasteiger partial charge in [0.15, 0.2) is 11.5 Å². The fourth-order valence-corrected chi connectivity index (χ4v) is 2.33. The van der Waals surface area contributed by atoms with Crippen molar-refractivity contribution in [3.8, 4) is 23.0 Å². The Kier molecular flexibility index (Phi) is 5.89. The molecule has 0 amide bonds. The van der Waals surface area contributed by atoms with Crippen LogP contribution >= 0.6 is 0 Å². The summed E-state index contributed by atoms with van der Waals surface area (Å²) in [6.07, 6.45) is 0. The third kappa shape index (κ3) is 4.23. The first-order valence-electron chi connectivity index (χ1n) is 7.38. The summed E-state index contributed by atoms with van der Waals surface area (Å²) in [5.41, 5.74) is 1.12. The Morgan fingerprint density at radius 2 is 1.44 bits per heavy atom. The van der Waals surface area contributed by atoms with Gasteiger partial charge in [-0.05, 0) is 6.07 Å². The first-order chi connectivity index (χ1) is 12.0. The molecule has 0 aliphatic heterocycles. The van der Waals surface area contributed by atoms with Gasteiger partial charge in [-0.15, -0.1) is 0 Å². The van der Waals surface area contributed by atoms with Crippen LogP contribution < -0.4 is 24.3 Å². The molecule has 8 heteroatoms. The predicted molar refractivity (Wildman–Crippen MR) is 93.1 cm³/mol. The van der Waals surface area contributed by atoms with Gasteiger partial charge in [0.2, 0.25) is 0 Å². The molecule has 8 nitrogen and oxygen atoms in total. The van der Waals surface area contributed by atoms with E-state index in [0.29, 0.717) is 34.2 Å². The van der Waals surface area contributed by atoms with Gasteiger partial charge in [-0.2, -0.15) is 0 Å². The number of anilines is 1. The molecular formula is C17H20N2O6. The van der Waals surface area contributed by atoms with Crippen molar-refractivity contribution in [1.82, 2.24) is 0 Å². The van der Waals surface area contributed by atoms with Crippen LogP contribution in [0.25, 0.3) is 0 Å². The van der Waals surface area contributed by atoms with Crippen molar-refractivity contribution in [1.29, 1.82) is 0 Å². The second kappa shape index (κ2) is 8.09. The monoisotopic (exact) mass is 348 g/mol. The van der Waals surface area contributed by atoms with Gasteiger partial charge < -0.3 is 24.3 Å². The Morgan fingerprint density at radius 3 is 1.92 bits per heavy atom. The smallest absolute Gasteiger partial charge is 0.278 e. The highest BCUT2D eigenvalue weighted by Gasteiger charge is 2.19. The van der Waals surface area contributed by atoms with Crippen molar-refractivity contribution in [3.63, 3.8) is 0 Å². The summed E-state index contributed by atoms with van der Waals surface area (Å²) >= 11 is 0. The maximum atomic E-state index is 11.3. The summed E-state index contributed by atoms with van der Waals surface area (Å²) < 4.78 is 20.8. The van der Waals surface area contributed by atoms with Gasteiger partial charge in [0, 0.05) is 30.4 Å². The predicted octanol–water partition coefficient (Wildman–Crippen LogP) is 3.24. The van der Waals surface area contributed by atoms with Crippen LogP contribution in [0.15, 0.2) is 30.3 Å². The molecule has 0 unspecified atom stereocenters. The molecule has 0 atom stereocenters. The zero-order valence-corrected chi connectivity index (χ0v) is 14.5. The van der Waals surface area contributed by atoms with E-state index in [1.165, 1.54) is 20.3 Å². The van der Waals surface area contributed by atoms with Crippen molar-refractivity contribution < 1.29 is 23.9 Å². The highest BCUT2D eigenvalue weighted by molar-refractivity contribution is 5.58. The number of nitro groups is 1. The zero-order valence-electron chi connectivity index (χ0n) is 14.5. The van der Waals surface area contributed by atoms with E-state index in [0.717, 1.165) is 0 Å². The number of nitro benzene ring substituents is 1. The van der Waals surface area contributed by atoms with Gasteiger partial charge in [0.1, 0.15) is 11.5 Å². The van der Waals surface area contributed by atoms with Gasteiger partial charge >= 0.3 is 0 Å². The molecule has 0 radical (unpaired) electrons. The minimum Gasteiger partial charge on any atom is -0.497 e. The highest BCUT2D eigenvalue weighted by Crippen LogP contribution is 2.35. The van der Waals surface area contributed by atoms with Crippen molar-refractivity contribution in [2.24, 2.45) is 0 Å². The largest absolute Gasteiger partial charge is 0.497 e. The fraction of sp³-hybridized carbons (Fsp3) is 0.294. The van der Waals surface area contributed by atoms with E-state index in [-0.39, 0.29) is 12.2 Å². The molecular weight excluding hydrogens is 328 g/mol.